The monoisotopic (exact) mass is 275 g/mol. The minimum atomic E-state index is -0.148. The van der Waals surface area contributed by atoms with E-state index in [-0.39, 0.29) is 5.82 Å². The molecule has 5 atom stereocenters. The smallest absolute Gasteiger partial charge is 0.123 e. The number of hydrogen-bond acceptors (Lipinski definition) is 1. The van der Waals surface area contributed by atoms with E-state index in [0.29, 0.717) is 12.1 Å². The van der Waals surface area contributed by atoms with E-state index in [1.54, 1.807) is 12.1 Å². The fourth-order valence-electron chi connectivity index (χ4n) is 4.51. The fourth-order valence-corrected chi connectivity index (χ4v) is 4.51. The maximum absolute atomic E-state index is 12.9. The van der Waals surface area contributed by atoms with Crippen molar-refractivity contribution in [3.05, 3.63) is 35.6 Å². The van der Waals surface area contributed by atoms with Crippen molar-refractivity contribution in [2.24, 2.45) is 17.8 Å². The van der Waals surface area contributed by atoms with Crippen LogP contribution >= 0.6 is 0 Å². The molecule has 5 unspecified atom stereocenters. The molecule has 2 aliphatic rings. The summed E-state index contributed by atoms with van der Waals surface area (Å²) in [7, 11) is 0. The van der Waals surface area contributed by atoms with Gasteiger partial charge in [0.2, 0.25) is 0 Å². The summed E-state index contributed by atoms with van der Waals surface area (Å²) in [6.45, 7) is 4.60. The lowest BCUT2D eigenvalue weighted by atomic mass is 9.83. The lowest BCUT2D eigenvalue weighted by Crippen LogP contribution is -2.42. The molecule has 0 spiro atoms. The van der Waals surface area contributed by atoms with Gasteiger partial charge in [-0.15, -0.1) is 0 Å². The minimum Gasteiger partial charge on any atom is -0.311 e. The molecular formula is C18H26FN. The number of fused-ring (bicyclic) bond motifs is 2. The van der Waals surface area contributed by atoms with Crippen molar-refractivity contribution in [2.75, 3.05) is 0 Å². The van der Waals surface area contributed by atoms with E-state index in [4.69, 9.17) is 0 Å². The highest BCUT2D eigenvalue weighted by Crippen LogP contribution is 2.49. The lowest BCUT2D eigenvalue weighted by Gasteiger charge is -2.31. The van der Waals surface area contributed by atoms with E-state index in [2.05, 4.69) is 19.2 Å². The molecule has 2 fully saturated rings. The van der Waals surface area contributed by atoms with Crippen molar-refractivity contribution in [1.29, 1.82) is 0 Å². The molecular weight excluding hydrogens is 249 g/mol. The van der Waals surface area contributed by atoms with Crippen LogP contribution in [-0.2, 0) is 6.42 Å². The van der Waals surface area contributed by atoms with Crippen molar-refractivity contribution in [3.63, 3.8) is 0 Å². The van der Waals surface area contributed by atoms with Crippen LogP contribution in [0.1, 0.15) is 45.1 Å². The van der Waals surface area contributed by atoms with Crippen molar-refractivity contribution >= 4 is 0 Å². The third-order valence-corrected chi connectivity index (χ3v) is 5.44. The molecule has 110 valence electrons. The number of hydrogen-bond donors (Lipinski definition) is 1. The first-order valence-electron chi connectivity index (χ1n) is 8.12. The predicted molar refractivity (Wildman–Crippen MR) is 81.1 cm³/mol. The third kappa shape index (κ3) is 3.06. The van der Waals surface area contributed by atoms with Gasteiger partial charge in [0.15, 0.2) is 0 Å². The molecule has 0 amide bonds. The number of benzene rings is 1. The quantitative estimate of drug-likeness (QED) is 0.850. The molecule has 1 N–H and O–H groups in total. The molecule has 2 saturated carbocycles. The SMILES string of the molecule is CC(Cc1ccc(F)cc1)NC(C)C1CC2CCC1C2. The highest BCUT2D eigenvalue weighted by atomic mass is 19.1. The Morgan fingerprint density at radius 3 is 2.50 bits per heavy atom. The van der Waals surface area contributed by atoms with Crippen molar-refractivity contribution in [1.82, 2.24) is 5.32 Å². The van der Waals surface area contributed by atoms with Crippen molar-refractivity contribution in [3.8, 4) is 0 Å². The van der Waals surface area contributed by atoms with E-state index in [1.807, 2.05) is 12.1 Å². The summed E-state index contributed by atoms with van der Waals surface area (Å²) < 4.78 is 12.9. The van der Waals surface area contributed by atoms with Crippen LogP contribution in [-0.4, -0.2) is 12.1 Å². The van der Waals surface area contributed by atoms with Gasteiger partial charge in [-0.25, -0.2) is 4.39 Å². The Labute approximate surface area is 122 Å². The largest absolute Gasteiger partial charge is 0.311 e. The summed E-state index contributed by atoms with van der Waals surface area (Å²) in [5, 5.41) is 3.78. The van der Waals surface area contributed by atoms with E-state index in [1.165, 1.54) is 31.2 Å². The topological polar surface area (TPSA) is 12.0 Å². The van der Waals surface area contributed by atoms with Crippen LogP contribution in [0.3, 0.4) is 0 Å². The highest BCUT2D eigenvalue weighted by Gasteiger charge is 2.41. The first-order chi connectivity index (χ1) is 9.61. The molecule has 0 heterocycles. The van der Waals surface area contributed by atoms with Crippen LogP contribution in [0, 0.1) is 23.6 Å². The Morgan fingerprint density at radius 1 is 1.15 bits per heavy atom. The van der Waals surface area contributed by atoms with Gasteiger partial charge < -0.3 is 5.32 Å². The zero-order valence-electron chi connectivity index (χ0n) is 12.6. The molecule has 1 aromatic rings. The van der Waals surface area contributed by atoms with Crippen LogP contribution < -0.4 is 5.32 Å². The summed E-state index contributed by atoms with van der Waals surface area (Å²) in [6.07, 6.45) is 6.81. The zero-order chi connectivity index (χ0) is 14.1. The maximum atomic E-state index is 12.9. The Hall–Kier alpha value is -0.890. The Bertz CT molecular complexity index is 441. The fraction of sp³-hybridized carbons (Fsp3) is 0.667. The summed E-state index contributed by atoms with van der Waals surface area (Å²) in [4.78, 5) is 0. The average Bonchev–Trinajstić information content (AvgIpc) is 3.03. The van der Waals surface area contributed by atoms with Crippen molar-refractivity contribution < 1.29 is 4.39 Å². The maximum Gasteiger partial charge on any atom is 0.123 e. The number of halogens is 1. The van der Waals surface area contributed by atoms with Gasteiger partial charge in [-0.2, -0.15) is 0 Å². The molecule has 3 rings (SSSR count). The first-order valence-corrected chi connectivity index (χ1v) is 8.12. The predicted octanol–water partition coefficient (Wildman–Crippen LogP) is 4.17. The number of nitrogens with one attached hydrogen (secondary N) is 1. The lowest BCUT2D eigenvalue weighted by molar-refractivity contribution is 0.247. The Morgan fingerprint density at radius 2 is 1.90 bits per heavy atom. The van der Waals surface area contributed by atoms with E-state index in [0.717, 1.165) is 24.2 Å². The molecule has 0 aliphatic heterocycles. The van der Waals surface area contributed by atoms with E-state index in [9.17, 15) is 4.39 Å². The van der Waals surface area contributed by atoms with Gasteiger partial charge in [-0.1, -0.05) is 18.6 Å². The van der Waals surface area contributed by atoms with Gasteiger partial charge in [0.1, 0.15) is 5.82 Å². The molecule has 1 aromatic carbocycles. The second kappa shape index (κ2) is 5.85. The van der Waals surface area contributed by atoms with E-state index >= 15 is 0 Å². The van der Waals surface area contributed by atoms with Crippen molar-refractivity contribution in [2.45, 2.75) is 58.0 Å². The van der Waals surface area contributed by atoms with Gasteiger partial charge in [0, 0.05) is 12.1 Å². The van der Waals surface area contributed by atoms with Crippen LogP contribution in [0.25, 0.3) is 0 Å². The van der Waals surface area contributed by atoms with Gasteiger partial charge in [0.05, 0.1) is 0 Å². The van der Waals surface area contributed by atoms with E-state index < -0.39 is 0 Å². The van der Waals surface area contributed by atoms with Gasteiger partial charge >= 0.3 is 0 Å². The molecule has 20 heavy (non-hydrogen) atoms. The summed E-state index contributed by atoms with van der Waals surface area (Å²) in [6, 6.07) is 7.98. The normalized spacial score (nSPS) is 31.4. The molecule has 2 bridgehead atoms. The Balaban J connectivity index is 1.51. The standard InChI is InChI=1S/C18H26FN/c1-12(9-14-4-7-17(19)8-5-14)20-13(2)18-11-15-3-6-16(18)10-15/h4-5,7-8,12-13,15-16,18,20H,3,6,9-11H2,1-2H3. The van der Waals surface area contributed by atoms with Crippen LogP contribution in [0.4, 0.5) is 4.39 Å². The van der Waals surface area contributed by atoms with Crippen LogP contribution in [0.15, 0.2) is 24.3 Å². The average molecular weight is 275 g/mol. The summed E-state index contributed by atoms with van der Waals surface area (Å²) in [5.74, 6) is 2.72. The summed E-state index contributed by atoms with van der Waals surface area (Å²) in [5.41, 5.74) is 1.21. The molecule has 0 radical (unpaired) electrons. The second-order valence-corrected chi connectivity index (χ2v) is 7.03. The minimum absolute atomic E-state index is 0.148. The second-order valence-electron chi connectivity index (χ2n) is 7.03. The van der Waals surface area contributed by atoms with Crippen LogP contribution in [0.2, 0.25) is 0 Å². The van der Waals surface area contributed by atoms with Crippen LogP contribution in [0.5, 0.6) is 0 Å². The molecule has 0 saturated heterocycles. The molecule has 0 aromatic heterocycles. The number of rotatable bonds is 5. The van der Waals surface area contributed by atoms with Gasteiger partial charge in [0.25, 0.3) is 0 Å². The molecule has 1 nitrogen and oxygen atoms in total. The first kappa shape index (κ1) is 14.1. The highest BCUT2D eigenvalue weighted by molar-refractivity contribution is 5.17. The zero-order valence-corrected chi connectivity index (χ0v) is 12.6. The third-order valence-electron chi connectivity index (χ3n) is 5.44. The molecule has 2 aliphatic carbocycles. The Kier molecular flexibility index (Phi) is 4.11. The molecule has 2 heteroatoms. The van der Waals surface area contributed by atoms with Gasteiger partial charge in [-0.3, -0.25) is 0 Å². The van der Waals surface area contributed by atoms with Gasteiger partial charge in [-0.05, 0) is 75.0 Å². The summed E-state index contributed by atoms with van der Waals surface area (Å²) >= 11 is 0.